The molecule has 2 nitrogen and oxygen atoms in total. The summed E-state index contributed by atoms with van der Waals surface area (Å²) >= 11 is 0. The average molecular weight is 371 g/mol. The van der Waals surface area contributed by atoms with Gasteiger partial charge < -0.3 is 5.32 Å². The number of benzene rings is 3. The van der Waals surface area contributed by atoms with Crippen molar-refractivity contribution in [1.29, 1.82) is 0 Å². The quantitative estimate of drug-likeness (QED) is 0.646. The Hall–Kier alpha value is -2.42. The molecule has 2 heteroatoms. The maximum absolute atomic E-state index is 3.87. The van der Waals surface area contributed by atoms with Gasteiger partial charge in [-0.05, 0) is 30.0 Å². The van der Waals surface area contributed by atoms with Gasteiger partial charge in [-0.25, -0.2) is 0 Å². The third-order valence-corrected chi connectivity index (χ3v) is 5.82. The second kappa shape index (κ2) is 9.18. The molecule has 3 aromatic carbocycles. The summed E-state index contributed by atoms with van der Waals surface area (Å²) in [5, 5.41) is 3.87. The van der Waals surface area contributed by atoms with E-state index in [1.807, 2.05) is 0 Å². The van der Waals surface area contributed by atoms with Crippen LogP contribution in [0.3, 0.4) is 0 Å². The molecule has 0 aliphatic carbocycles. The Morgan fingerprint density at radius 1 is 0.857 bits per heavy atom. The monoisotopic (exact) mass is 370 g/mol. The molecule has 0 saturated carbocycles. The van der Waals surface area contributed by atoms with Crippen molar-refractivity contribution in [2.45, 2.75) is 38.4 Å². The molecule has 0 radical (unpaired) electrons. The van der Waals surface area contributed by atoms with Gasteiger partial charge in [0.25, 0.3) is 0 Å². The zero-order valence-electron chi connectivity index (χ0n) is 16.7. The lowest BCUT2D eigenvalue weighted by atomic mass is 9.85. The van der Waals surface area contributed by atoms with Crippen LogP contribution >= 0.6 is 0 Å². The largest absolute Gasteiger partial charge is 0.309 e. The van der Waals surface area contributed by atoms with E-state index in [4.69, 9.17) is 0 Å². The van der Waals surface area contributed by atoms with Crippen molar-refractivity contribution in [3.05, 3.63) is 107 Å². The summed E-state index contributed by atoms with van der Waals surface area (Å²) in [6.07, 6.45) is 1.18. The smallest absolute Gasteiger partial charge is 0.0234 e. The topological polar surface area (TPSA) is 15.3 Å². The molecule has 1 saturated heterocycles. The van der Waals surface area contributed by atoms with Crippen LogP contribution in [-0.4, -0.2) is 24.0 Å². The van der Waals surface area contributed by atoms with E-state index < -0.39 is 0 Å². The van der Waals surface area contributed by atoms with Gasteiger partial charge in [0.2, 0.25) is 0 Å². The van der Waals surface area contributed by atoms with E-state index in [-0.39, 0.29) is 0 Å². The first-order chi connectivity index (χ1) is 13.8. The minimum Gasteiger partial charge on any atom is -0.309 e. The fraction of sp³-hybridized carbons (Fsp3) is 0.308. The Labute approximate surface area is 169 Å². The van der Waals surface area contributed by atoms with E-state index in [2.05, 4.69) is 102 Å². The SMILES string of the molecule is Cc1cccc(CN[C@@H]2CCN(Cc3ccccc3)C[C@H]2c2ccccc2)c1. The van der Waals surface area contributed by atoms with Crippen LogP contribution in [0.15, 0.2) is 84.9 Å². The van der Waals surface area contributed by atoms with Gasteiger partial charge in [0.1, 0.15) is 0 Å². The third kappa shape index (κ3) is 4.89. The van der Waals surface area contributed by atoms with Gasteiger partial charge in [0, 0.05) is 38.1 Å². The molecule has 1 fully saturated rings. The summed E-state index contributed by atoms with van der Waals surface area (Å²) in [5.74, 6) is 0.517. The maximum atomic E-state index is 3.87. The molecule has 0 bridgehead atoms. The molecule has 2 atom stereocenters. The number of nitrogens with zero attached hydrogens (tertiary/aromatic N) is 1. The van der Waals surface area contributed by atoms with Gasteiger partial charge in [-0.15, -0.1) is 0 Å². The van der Waals surface area contributed by atoms with Crippen molar-refractivity contribution >= 4 is 0 Å². The van der Waals surface area contributed by atoms with Gasteiger partial charge >= 0.3 is 0 Å². The molecule has 0 unspecified atom stereocenters. The summed E-state index contributed by atoms with van der Waals surface area (Å²) < 4.78 is 0. The van der Waals surface area contributed by atoms with Crippen LogP contribution < -0.4 is 5.32 Å². The lowest BCUT2D eigenvalue weighted by molar-refractivity contribution is 0.166. The van der Waals surface area contributed by atoms with Gasteiger partial charge in [-0.3, -0.25) is 4.90 Å². The average Bonchev–Trinajstić information content (AvgIpc) is 2.74. The maximum Gasteiger partial charge on any atom is 0.0234 e. The molecule has 1 N–H and O–H groups in total. The molecule has 1 heterocycles. The van der Waals surface area contributed by atoms with Crippen LogP contribution in [0.4, 0.5) is 0 Å². The van der Waals surface area contributed by atoms with Gasteiger partial charge in [-0.2, -0.15) is 0 Å². The normalized spacial score (nSPS) is 20.2. The fourth-order valence-electron chi connectivity index (χ4n) is 4.36. The van der Waals surface area contributed by atoms with E-state index in [9.17, 15) is 0 Å². The number of hydrogen-bond donors (Lipinski definition) is 1. The second-order valence-electron chi connectivity index (χ2n) is 8.00. The van der Waals surface area contributed by atoms with Crippen molar-refractivity contribution in [3.8, 4) is 0 Å². The molecule has 1 aliphatic heterocycles. The first-order valence-corrected chi connectivity index (χ1v) is 10.4. The second-order valence-corrected chi connectivity index (χ2v) is 8.00. The number of nitrogens with one attached hydrogen (secondary N) is 1. The lowest BCUT2D eigenvalue weighted by Crippen LogP contribution is -2.47. The summed E-state index contributed by atoms with van der Waals surface area (Å²) in [7, 11) is 0. The summed E-state index contributed by atoms with van der Waals surface area (Å²) in [6.45, 7) is 6.38. The van der Waals surface area contributed by atoms with Gasteiger partial charge in [0.15, 0.2) is 0 Å². The minimum atomic E-state index is 0.509. The van der Waals surface area contributed by atoms with E-state index in [0.29, 0.717) is 12.0 Å². The summed E-state index contributed by atoms with van der Waals surface area (Å²) in [6, 6.07) is 31.2. The molecule has 4 rings (SSSR count). The molecule has 28 heavy (non-hydrogen) atoms. The first kappa shape index (κ1) is 18.9. The number of rotatable bonds is 6. The van der Waals surface area contributed by atoms with Crippen LogP contribution in [0.25, 0.3) is 0 Å². The summed E-state index contributed by atoms with van der Waals surface area (Å²) in [4.78, 5) is 2.61. The molecule has 144 valence electrons. The highest BCUT2D eigenvalue weighted by atomic mass is 15.1. The van der Waals surface area contributed by atoms with Crippen molar-refractivity contribution in [3.63, 3.8) is 0 Å². The molecule has 3 aromatic rings. The highest BCUT2D eigenvalue weighted by molar-refractivity contribution is 5.25. The molecular formula is C26H30N2. The van der Waals surface area contributed by atoms with Crippen LogP contribution in [0.5, 0.6) is 0 Å². The van der Waals surface area contributed by atoms with Crippen LogP contribution in [0.1, 0.15) is 34.6 Å². The Balaban J connectivity index is 1.46. The van der Waals surface area contributed by atoms with Crippen LogP contribution in [-0.2, 0) is 13.1 Å². The first-order valence-electron chi connectivity index (χ1n) is 10.4. The van der Waals surface area contributed by atoms with Crippen LogP contribution in [0, 0.1) is 6.92 Å². The van der Waals surface area contributed by atoms with E-state index in [0.717, 1.165) is 26.2 Å². The van der Waals surface area contributed by atoms with Crippen LogP contribution in [0.2, 0.25) is 0 Å². The predicted molar refractivity (Wildman–Crippen MR) is 117 cm³/mol. The molecule has 1 aliphatic rings. The number of hydrogen-bond acceptors (Lipinski definition) is 2. The van der Waals surface area contributed by atoms with Crippen molar-refractivity contribution < 1.29 is 0 Å². The molecular weight excluding hydrogens is 340 g/mol. The zero-order chi connectivity index (χ0) is 19.2. The highest BCUT2D eigenvalue weighted by Crippen LogP contribution is 2.28. The Morgan fingerprint density at radius 3 is 2.32 bits per heavy atom. The standard InChI is InChI=1S/C26H30N2/c1-21-9-8-12-23(17-21)18-27-26-15-16-28(19-22-10-4-2-5-11-22)20-25(26)24-13-6-3-7-14-24/h2-14,17,25-27H,15-16,18-20H2,1H3/t25-,26+/m0/s1. The number of likely N-dealkylation sites (tertiary alicyclic amines) is 1. The van der Waals surface area contributed by atoms with Crippen molar-refractivity contribution in [2.75, 3.05) is 13.1 Å². The lowest BCUT2D eigenvalue weighted by Gasteiger charge is -2.39. The Kier molecular flexibility index (Phi) is 6.20. The predicted octanol–water partition coefficient (Wildman–Crippen LogP) is 5.14. The highest BCUT2D eigenvalue weighted by Gasteiger charge is 2.30. The molecule has 0 aromatic heterocycles. The number of piperidine rings is 1. The van der Waals surface area contributed by atoms with Crippen molar-refractivity contribution in [2.24, 2.45) is 0 Å². The Morgan fingerprint density at radius 2 is 1.57 bits per heavy atom. The van der Waals surface area contributed by atoms with E-state index in [1.165, 1.54) is 28.7 Å². The third-order valence-electron chi connectivity index (χ3n) is 5.82. The zero-order valence-corrected chi connectivity index (χ0v) is 16.7. The van der Waals surface area contributed by atoms with Crippen molar-refractivity contribution in [1.82, 2.24) is 10.2 Å². The minimum absolute atomic E-state index is 0.509. The molecule has 0 spiro atoms. The molecule has 0 amide bonds. The number of aryl methyl sites for hydroxylation is 1. The van der Waals surface area contributed by atoms with E-state index >= 15 is 0 Å². The Bertz CT molecular complexity index is 860. The van der Waals surface area contributed by atoms with Gasteiger partial charge in [-0.1, -0.05) is 90.5 Å². The summed E-state index contributed by atoms with van der Waals surface area (Å²) in [5.41, 5.74) is 5.55. The van der Waals surface area contributed by atoms with E-state index in [1.54, 1.807) is 0 Å². The fourth-order valence-corrected chi connectivity index (χ4v) is 4.36. The van der Waals surface area contributed by atoms with Gasteiger partial charge in [0.05, 0.1) is 0 Å².